The highest BCUT2D eigenvalue weighted by molar-refractivity contribution is 7.89. The summed E-state index contributed by atoms with van der Waals surface area (Å²) in [6.45, 7) is 6.53. The van der Waals surface area contributed by atoms with E-state index < -0.39 is 21.7 Å². The fourth-order valence-corrected chi connectivity index (χ4v) is 5.39. The number of hydrogen-bond donors (Lipinski definition) is 1. The molecule has 2 aromatic carbocycles. The lowest BCUT2D eigenvalue weighted by atomic mass is 9.80. The molecule has 0 radical (unpaired) electrons. The van der Waals surface area contributed by atoms with Crippen LogP contribution in [0.25, 0.3) is 0 Å². The summed E-state index contributed by atoms with van der Waals surface area (Å²) in [7, 11) is -3.80. The zero-order chi connectivity index (χ0) is 26.3. The van der Waals surface area contributed by atoms with Crippen LogP contribution in [0.15, 0.2) is 30.3 Å². The monoisotopic (exact) mass is 556 g/mol. The molecule has 6 nitrogen and oxygen atoms in total. The first-order valence-electron chi connectivity index (χ1n) is 12.0. The average Bonchev–Trinajstić information content (AvgIpc) is 3.64. The molecule has 1 saturated carbocycles. The number of likely N-dealkylation sites (tertiary alicyclic amines) is 1. The highest BCUT2D eigenvalue weighted by Gasteiger charge is 2.35. The SMILES string of the molecule is C[C@H](c1ccc(Cl)c(Cl)c1)N1CCC(C)(COc2cc(F)c(C(=O)NS(C)(=O)=O)cc2C2CC2)CC1. The second kappa shape index (κ2) is 10.5. The molecule has 1 atom stereocenters. The fourth-order valence-electron chi connectivity index (χ4n) is 4.64. The summed E-state index contributed by atoms with van der Waals surface area (Å²) in [6, 6.07) is 8.60. The third kappa shape index (κ3) is 6.52. The number of nitrogens with one attached hydrogen (secondary N) is 1. The average molecular weight is 558 g/mol. The zero-order valence-electron chi connectivity index (χ0n) is 20.6. The number of carbonyl (C=O) groups is 1. The van der Waals surface area contributed by atoms with Crippen LogP contribution in [0, 0.1) is 11.2 Å². The molecule has 4 rings (SSSR count). The Kier molecular flexibility index (Phi) is 7.91. The maximum Gasteiger partial charge on any atom is 0.267 e. The van der Waals surface area contributed by atoms with Crippen LogP contribution in [0.5, 0.6) is 5.75 Å². The molecule has 2 aliphatic rings. The van der Waals surface area contributed by atoms with Crippen LogP contribution in [0.2, 0.25) is 10.0 Å². The Labute approximate surface area is 222 Å². The Morgan fingerprint density at radius 2 is 1.86 bits per heavy atom. The Morgan fingerprint density at radius 3 is 2.44 bits per heavy atom. The Morgan fingerprint density at radius 1 is 1.19 bits per heavy atom. The van der Waals surface area contributed by atoms with Crippen molar-refractivity contribution in [2.45, 2.75) is 51.5 Å². The predicted molar refractivity (Wildman–Crippen MR) is 140 cm³/mol. The van der Waals surface area contributed by atoms with Crippen molar-refractivity contribution in [3.63, 3.8) is 0 Å². The smallest absolute Gasteiger partial charge is 0.267 e. The number of nitrogens with zero attached hydrogens (tertiary/aromatic N) is 1. The Bertz CT molecular complexity index is 1260. The summed E-state index contributed by atoms with van der Waals surface area (Å²) in [5, 5.41) is 1.09. The second-order valence-electron chi connectivity index (χ2n) is 10.3. The topological polar surface area (TPSA) is 75.7 Å². The van der Waals surface area contributed by atoms with Gasteiger partial charge in [0.1, 0.15) is 11.6 Å². The van der Waals surface area contributed by atoms with Gasteiger partial charge in [-0.1, -0.05) is 36.2 Å². The molecular formula is C26H31Cl2FN2O4S. The van der Waals surface area contributed by atoms with Gasteiger partial charge in [0.2, 0.25) is 10.0 Å². The van der Waals surface area contributed by atoms with Crippen molar-refractivity contribution < 1.29 is 22.3 Å². The fraction of sp³-hybridized carbons (Fsp3) is 0.500. The molecule has 1 aliphatic carbocycles. The van der Waals surface area contributed by atoms with Gasteiger partial charge >= 0.3 is 0 Å². The summed E-state index contributed by atoms with van der Waals surface area (Å²) in [6.07, 6.45) is 4.53. The predicted octanol–water partition coefficient (Wildman–Crippen LogP) is 5.94. The lowest BCUT2D eigenvalue weighted by Crippen LogP contribution is -2.42. The minimum Gasteiger partial charge on any atom is -0.493 e. The van der Waals surface area contributed by atoms with Gasteiger partial charge in [-0.25, -0.2) is 17.5 Å². The minimum atomic E-state index is -3.80. The van der Waals surface area contributed by atoms with E-state index in [0.717, 1.165) is 56.2 Å². The molecule has 196 valence electrons. The summed E-state index contributed by atoms with van der Waals surface area (Å²) < 4.78 is 45.6. The van der Waals surface area contributed by atoms with Crippen LogP contribution in [0.4, 0.5) is 4.39 Å². The van der Waals surface area contributed by atoms with Crippen LogP contribution in [0.3, 0.4) is 0 Å². The van der Waals surface area contributed by atoms with Gasteiger partial charge in [0.15, 0.2) is 0 Å². The van der Waals surface area contributed by atoms with E-state index in [2.05, 4.69) is 18.7 Å². The third-order valence-electron chi connectivity index (χ3n) is 7.19. The van der Waals surface area contributed by atoms with Crippen molar-refractivity contribution in [2.75, 3.05) is 26.0 Å². The summed E-state index contributed by atoms with van der Waals surface area (Å²) in [5.41, 5.74) is 1.50. The normalized spacial score (nSPS) is 19.1. The number of carbonyl (C=O) groups excluding carboxylic acids is 1. The van der Waals surface area contributed by atoms with E-state index in [9.17, 15) is 17.6 Å². The molecule has 0 aromatic heterocycles. The molecule has 1 amide bonds. The standard InChI is InChI=1S/C26H31Cl2FN2O4S/c1-16(18-6-7-21(27)22(28)12-18)31-10-8-26(2,9-11-31)15-35-24-14-23(29)20(13-19(24)17-4-5-17)25(32)30-36(3,33)34/h6-7,12-14,16-17H,4-5,8-11,15H2,1-3H3,(H,30,32)/t16-/m1/s1. The van der Waals surface area contributed by atoms with E-state index in [1.165, 1.54) is 12.1 Å². The van der Waals surface area contributed by atoms with Gasteiger partial charge in [-0.3, -0.25) is 9.69 Å². The van der Waals surface area contributed by atoms with Crippen LogP contribution in [-0.2, 0) is 10.0 Å². The van der Waals surface area contributed by atoms with Crippen molar-refractivity contribution in [1.29, 1.82) is 0 Å². The van der Waals surface area contributed by atoms with Crippen molar-refractivity contribution >= 4 is 39.1 Å². The number of ether oxygens (including phenoxy) is 1. The number of sulfonamides is 1. The third-order valence-corrected chi connectivity index (χ3v) is 8.49. The van der Waals surface area contributed by atoms with E-state index in [0.29, 0.717) is 22.4 Å². The number of hydrogen-bond acceptors (Lipinski definition) is 5. The first-order chi connectivity index (χ1) is 16.8. The quantitative estimate of drug-likeness (QED) is 0.435. The number of benzene rings is 2. The lowest BCUT2D eigenvalue weighted by molar-refractivity contribution is 0.0510. The van der Waals surface area contributed by atoms with Gasteiger partial charge in [-0.2, -0.15) is 0 Å². The van der Waals surface area contributed by atoms with Crippen molar-refractivity contribution in [2.24, 2.45) is 5.41 Å². The molecule has 10 heteroatoms. The molecule has 1 aliphatic heterocycles. The molecule has 1 heterocycles. The van der Waals surface area contributed by atoms with Crippen molar-refractivity contribution in [1.82, 2.24) is 9.62 Å². The summed E-state index contributed by atoms with van der Waals surface area (Å²) in [4.78, 5) is 14.7. The number of piperidine rings is 1. The van der Waals surface area contributed by atoms with Crippen molar-refractivity contribution in [3.05, 3.63) is 62.9 Å². The molecule has 1 N–H and O–H groups in total. The van der Waals surface area contributed by atoms with Gasteiger partial charge in [0, 0.05) is 17.5 Å². The molecular weight excluding hydrogens is 526 g/mol. The van der Waals surface area contributed by atoms with Gasteiger partial charge in [-0.15, -0.1) is 0 Å². The second-order valence-corrected chi connectivity index (χ2v) is 12.9. The van der Waals surface area contributed by atoms with E-state index in [-0.39, 0.29) is 22.9 Å². The molecule has 0 spiro atoms. The first-order valence-corrected chi connectivity index (χ1v) is 14.7. The summed E-state index contributed by atoms with van der Waals surface area (Å²) >= 11 is 12.3. The molecule has 2 aromatic rings. The zero-order valence-corrected chi connectivity index (χ0v) is 22.9. The van der Waals surface area contributed by atoms with Gasteiger partial charge in [0.25, 0.3) is 5.91 Å². The molecule has 36 heavy (non-hydrogen) atoms. The number of amides is 1. The highest BCUT2D eigenvalue weighted by atomic mass is 35.5. The minimum absolute atomic E-state index is 0.0858. The maximum atomic E-state index is 14.8. The van der Waals surface area contributed by atoms with E-state index in [1.807, 2.05) is 22.9 Å². The van der Waals surface area contributed by atoms with E-state index in [4.69, 9.17) is 27.9 Å². The van der Waals surface area contributed by atoms with E-state index >= 15 is 0 Å². The van der Waals surface area contributed by atoms with Crippen LogP contribution >= 0.6 is 23.2 Å². The largest absolute Gasteiger partial charge is 0.493 e. The number of rotatable bonds is 8. The summed E-state index contributed by atoms with van der Waals surface area (Å²) in [5.74, 6) is -1.16. The Balaban J connectivity index is 1.41. The van der Waals surface area contributed by atoms with Crippen LogP contribution < -0.4 is 9.46 Å². The molecule has 1 saturated heterocycles. The molecule has 0 unspecified atom stereocenters. The van der Waals surface area contributed by atoms with Gasteiger partial charge in [-0.05, 0) is 80.9 Å². The van der Waals surface area contributed by atoms with Gasteiger partial charge in [0.05, 0.1) is 28.5 Å². The lowest BCUT2D eigenvalue weighted by Gasteiger charge is -2.42. The van der Waals surface area contributed by atoms with Crippen LogP contribution in [0.1, 0.15) is 73.0 Å². The first kappa shape index (κ1) is 27.2. The molecule has 0 bridgehead atoms. The van der Waals surface area contributed by atoms with Crippen LogP contribution in [-0.4, -0.2) is 45.2 Å². The molecule has 2 fully saturated rings. The Hall–Kier alpha value is -1.87. The van der Waals surface area contributed by atoms with E-state index in [1.54, 1.807) is 0 Å². The maximum absolute atomic E-state index is 14.8. The highest BCUT2D eigenvalue weighted by Crippen LogP contribution is 2.46. The van der Waals surface area contributed by atoms with Gasteiger partial charge < -0.3 is 4.74 Å². The van der Waals surface area contributed by atoms with Crippen molar-refractivity contribution in [3.8, 4) is 5.75 Å². The number of halogens is 3.